The third-order valence-electron chi connectivity index (χ3n) is 4.33. The Labute approximate surface area is 152 Å². The summed E-state index contributed by atoms with van der Waals surface area (Å²) in [5, 5.41) is 4.47. The van der Waals surface area contributed by atoms with Gasteiger partial charge in [0.25, 0.3) is 0 Å². The summed E-state index contributed by atoms with van der Waals surface area (Å²) >= 11 is 0. The Morgan fingerprint density at radius 3 is 1.00 bits per heavy atom. The van der Waals surface area contributed by atoms with Gasteiger partial charge in [-0.25, -0.2) is 0 Å². The predicted octanol–water partition coefficient (Wildman–Crippen LogP) is 5.03. The minimum Gasteiger partial charge on any atom is -0.418 e. The molecule has 3 aromatic rings. The van der Waals surface area contributed by atoms with Gasteiger partial charge >= 0.3 is 135 Å². The molecule has 0 bridgehead atoms. The van der Waals surface area contributed by atoms with Crippen LogP contribution in [0.2, 0.25) is 0 Å². The third kappa shape index (κ3) is 5.19. The van der Waals surface area contributed by atoms with Crippen LogP contribution in [0.5, 0.6) is 0 Å². The summed E-state index contributed by atoms with van der Waals surface area (Å²) in [6.45, 7) is 2.33. The van der Waals surface area contributed by atoms with Gasteiger partial charge in [0.15, 0.2) is 0 Å². The van der Waals surface area contributed by atoms with Crippen molar-refractivity contribution in [2.24, 2.45) is 0 Å². The maximum Gasteiger partial charge on any atom is 0.673 e. The molecule has 0 aliphatic carbocycles. The third-order valence-corrected chi connectivity index (χ3v) is 9.35. The van der Waals surface area contributed by atoms with Gasteiger partial charge in [-0.3, -0.25) is 0 Å². The van der Waals surface area contributed by atoms with Gasteiger partial charge in [0.05, 0.1) is 0 Å². The number of hydrogen-bond acceptors (Lipinski definition) is 0. The van der Waals surface area contributed by atoms with Crippen LogP contribution >= 0.6 is 7.26 Å². The molecular formula is C20H21BF4P-. The van der Waals surface area contributed by atoms with E-state index < -0.39 is 14.5 Å². The van der Waals surface area contributed by atoms with Gasteiger partial charge in [0, 0.05) is 0 Å². The van der Waals surface area contributed by atoms with E-state index in [0.717, 1.165) is 0 Å². The average molecular weight is 379 g/mol. The fourth-order valence-corrected chi connectivity index (χ4v) is 7.79. The van der Waals surface area contributed by atoms with E-state index in [0.29, 0.717) is 0 Å². The predicted molar refractivity (Wildman–Crippen MR) is 107 cm³/mol. The Hall–Kier alpha value is -2.13. The number of rotatable bonds is 4. The first-order valence-electron chi connectivity index (χ1n) is 8.42. The van der Waals surface area contributed by atoms with E-state index in [1.165, 1.54) is 22.1 Å². The van der Waals surface area contributed by atoms with Crippen LogP contribution in [0.25, 0.3) is 0 Å². The van der Waals surface area contributed by atoms with Crippen molar-refractivity contribution < 1.29 is 17.3 Å². The van der Waals surface area contributed by atoms with Crippen LogP contribution in [-0.4, -0.2) is 13.4 Å². The zero-order valence-corrected chi connectivity index (χ0v) is 15.5. The van der Waals surface area contributed by atoms with Crippen molar-refractivity contribution in [1.82, 2.24) is 0 Å². The average Bonchev–Trinajstić information content (AvgIpc) is 2.64. The van der Waals surface area contributed by atoms with Crippen LogP contribution in [-0.2, 0) is 0 Å². The van der Waals surface area contributed by atoms with Crippen molar-refractivity contribution in [3.05, 3.63) is 91.0 Å². The van der Waals surface area contributed by atoms with Gasteiger partial charge in [-0.2, -0.15) is 0 Å². The molecule has 0 radical (unpaired) electrons. The summed E-state index contributed by atoms with van der Waals surface area (Å²) in [5.41, 5.74) is 0. The summed E-state index contributed by atoms with van der Waals surface area (Å²) < 4.78 is 39.0. The molecule has 0 aromatic heterocycles. The zero-order valence-electron chi connectivity index (χ0n) is 14.5. The molecule has 0 amide bonds. The van der Waals surface area contributed by atoms with Crippen LogP contribution in [0.1, 0.15) is 6.92 Å². The molecule has 0 saturated carbocycles. The van der Waals surface area contributed by atoms with Crippen molar-refractivity contribution in [2.75, 3.05) is 6.16 Å². The van der Waals surface area contributed by atoms with Crippen LogP contribution in [0.4, 0.5) is 17.3 Å². The Balaban J connectivity index is 0.000000431. The van der Waals surface area contributed by atoms with Gasteiger partial charge < -0.3 is 17.3 Å². The van der Waals surface area contributed by atoms with Crippen LogP contribution < -0.4 is 15.9 Å². The molecule has 138 valence electrons. The fraction of sp³-hybridized carbons (Fsp3) is 0.100. The van der Waals surface area contributed by atoms with E-state index in [1.54, 1.807) is 0 Å². The fourth-order valence-electron chi connectivity index (χ4n) is 3.28. The Morgan fingerprint density at radius 1 is 0.577 bits per heavy atom. The van der Waals surface area contributed by atoms with Crippen LogP contribution in [0, 0.1) is 0 Å². The molecule has 26 heavy (non-hydrogen) atoms. The first kappa shape index (κ1) is 20.2. The summed E-state index contributed by atoms with van der Waals surface area (Å²) in [7, 11) is -7.90. The molecule has 0 heterocycles. The zero-order chi connectivity index (χ0) is 19.0. The minimum absolute atomic E-state index is 1.17. The summed E-state index contributed by atoms with van der Waals surface area (Å²) in [6, 6.07) is 33.1. The van der Waals surface area contributed by atoms with Crippen molar-refractivity contribution in [1.29, 1.82) is 0 Å². The smallest absolute Gasteiger partial charge is 0.418 e. The second kappa shape index (κ2) is 9.00. The Kier molecular flexibility index (Phi) is 6.99. The molecule has 0 saturated heterocycles. The molecular weight excluding hydrogens is 358 g/mol. The van der Waals surface area contributed by atoms with Crippen molar-refractivity contribution >= 4 is 30.4 Å². The maximum atomic E-state index is 9.75. The van der Waals surface area contributed by atoms with Crippen molar-refractivity contribution in [3.63, 3.8) is 0 Å². The van der Waals surface area contributed by atoms with E-state index in [1.807, 2.05) is 0 Å². The number of hydrogen-bond donors (Lipinski definition) is 0. The Morgan fingerprint density at radius 2 is 0.808 bits per heavy atom. The first-order chi connectivity index (χ1) is 12.4. The van der Waals surface area contributed by atoms with E-state index in [9.17, 15) is 17.3 Å². The normalized spacial score (nSPS) is 12.0. The minimum atomic E-state index is -6.00. The molecule has 3 aromatic carbocycles. The molecule has 3 rings (SSSR count). The van der Waals surface area contributed by atoms with Gasteiger partial charge in [-0.05, 0) is 0 Å². The molecule has 0 N–H and O–H groups in total. The van der Waals surface area contributed by atoms with Crippen LogP contribution in [0.15, 0.2) is 91.0 Å². The van der Waals surface area contributed by atoms with Gasteiger partial charge in [0.1, 0.15) is 0 Å². The van der Waals surface area contributed by atoms with Crippen molar-refractivity contribution in [3.8, 4) is 0 Å². The topological polar surface area (TPSA) is 0 Å². The molecule has 0 aliphatic rings. The molecule has 0 fully saturated rings. The van der Waals surface area contributed by atoms with Gasteiger partial charge in [0.2, 0.25) is 0 Å². The second-order valence-electron chi connectivity index (χ2n) is 5.85. The van der Waals surface area contributed by atoms with Gasteiger partial charge in [-0.1, -0.05) is 0 Å². The first-order valence-corrected chi connectivity index (χ1v) is 10.6. The summed E-state index contributed by atoms with van der Waals surface area (Å²) in [6.07, 6.45) is 1.17. The second-order valence-corrected chi connectivity index (χ2v) is 10.1. The molecule has 0 unspecified atom stereocenters. The molecule has 0 atom stereocenters. The van der Waals surface area contributed by atoms with E-state index >= 15 is 0 Å². The SMILES string of the molecule is CC[PH](c1ccccc1)(c1ccccc1)c1ccccc1.F[B-](F)(F)F. The monoisotopic (exact) mass is 379 g/mol. The van der Waals surface area contributed by atoms with E-state index in [2.05, 4.69) is 97.9 Å². The standard InChI is InChI=1S/C20H21P.BF4/c1-2-21(18-12-6-3-7-13-18,19-14-8-4-9-15-19)20-16-10-5-11-17-20;2-1(3,4)5/h3-17,21H,2H2,1H3;/q;-1. The van der Waals surface area contributed by atoms with E-state index in [4.69, 9.17) is 0 Å². The summed E-state index contributed by atoms with van der Waals surface area (Å²) in [4.78, 5) is 0. The van der Waals surface area contributed by atoms with Crippen molar-refractivity contribution in [2.45, 2.75) is 6.92 Å². The molecule has 0 spiro atoms. The largest absolute Gasteiger partial charge is 0.673 e. The Bertz CT molecular complexity index is 675. The maximum absolute atomic E-state index is 9.75. The molecule has 0 nitrogen and oxygen atoms in total. The van der Waals surface area contributed by atoms with E-state index in [-0.39, 0.29) is 0 Å². The molecule has 0 aliphatic heterocycles. The quantitative estimate of drug-likeness (QED) is 0.339. The molecule has 6 heteroatoms. The van der Waals surface area contributed by atoms with Gasteiger partial charge in [-0.15, -0.1) is 0 Å². The van der Waals surface area contributed by atoms with Crippen LogP contribution in [0.3, 0.4) is 0 Å². The summed E-state index contributed by atoms with van der Waals surface area (Å²) in [5.74, 6) is 0. The number of halogens is 4. The number of benzene rings is 3.